The molecule has 0 radical (unpaired) electrons. The molecule has 0 aliphatic carbocycles. The molecular formula is C22H25NO2. The predicted molar refractivity (Wildman–Crippen MR) is 101 cm³/mol. The lowest BCUT2D eigenvalue weighted by atomic mass is 9.81. The van der Waals surface area contributed by atoms with Crippen LogP contribution < -0.4 is 4.74 Å². The summed E-state index contributed by atoms with van der Waals surface area (Å²) in [6, 6.07) is 18.3. The third-order valence-electron chi connectivity index (χ3n) is 4.78. The van der Waals surface area contributed by atoms with Gasteiger partial charge in [0.15, 0.2) is 0 Å². The Morgan fingerprint density at radius 1 is 1.16 bits per heavy atom. The molecule has 2 atom stereocenters. The maximum Gasteiger partial charge on any atom is 0.120 e. The Kier molecular flexibility index (Phi) is 5.69. The van der Waals surface area contributed by atoms with Gasteiger partial charge < -0.3 is 9.94 Å². The van der Waals surface area contributed by atoms with E-state index in [9.17, 15) is 5.21 Å². The van der Waals surface area contributed by atoms with Crippen LogP contribution in [0.2, 0.25) is 0 Å². The number of nitrogens with zero attached hydrogens (tertiary/aromatic N) is 1. The quantitative estimate of drug-likeness (QED) is 0.759. The molecular weight excluding hydrogens is 310 g/mol. The fourth-order valence-corrected chi connectivity index (χ4v) is 3.40. The summed E-state index contributed by atoms with van der Waals surface area (Å²) in [5.74, 6) is 1.09. The number of hydroxylamine groups is 2. The van der Waals surface area contributed by atoms with Crippen LogP contribution in [0.5, 0.6) is 5.75 Å². The first-order chi connectivity index (χ1) is 12.2. The minimum absolute atomic E-state index is 0.0647. The van der Waals surface area contributed by atoms with Gasteiger partial charge in [-0.05, 0) is 36.1 Å². The molecule has 130 valence electrons. The molecule has 1 heterocycles. The predicted octanol–water partition coefficient (Wildman–Crippen LogP) is 4.95. The standard InChI is InChI=1S/C22H25NO2/c1-3-8-22-17(2)21(13-14-23(22)24)19-11-7-12-20(15-19)25-16-18-9-5-4-6-10-18/h3-7,9-12,15,21-22,24H,1-2,8,13-14,16H2. The highest BCUT2D eigenvalue weighted by atomic mass is 16.5. The topological polar surface area (TPSA) is 32.7 Å². The lowest BCUT2D eigenvalue weighted by molar-refractivity contribution is -0.127. The Balaban J connectivity index is 1.72. The Bertz CT molecular complexity index is 726. The molecule has 1 N–H and O–H groups in total. The largest absolute Gasteiger partial charge is 0.489 e. The lowest BCUT2D eigenvalue weighted by Crippen LogP contribution is -2.40. The van der Waals surface area contributed by atoms with Crippen LogP contribution in [-0.4, -0.2) is 22.9 Å². The first kappa shape index (κ1) is 17.5. The first-order valence-electron chi connectivity index (χ1n) is 8.71. The highest BCUT2D eigenvalue weighted by molar-refractivity contribution is 5.37. The van der Waals surface area contributed by atoms with E-state index in [0.29, 0.717) is 19.6 Å². The van der Waals surface area contributed by atoms with E-state index < -0.39 is 0 Å². The summed E-state index contributed by atoms with van der Waals surface area (Å²) in [5, 5.41) is 11.5. The summed E-state index contributed by atoms with van der Waals surface area (Å²) in [6.45, 7) is 9.24. The zero-order chi connectivity index (χ0) is 17.6. The molecule has 0 saturated carbocycles. The van der Waals surface area contributed by atoms with E-state index in [2.05, 4.69) is 37.4 Å². The number of ether oxygens (including phenoxy) is 1. The molecule has 0 aromatic heterocycles. The van der Waals surface area contributed by atoms with Crippen LogP contribution >= 0.6 is 0 Å². The molecule has 2 unspecified atom stereocenters. The van der Waals surface area contributed by atoms with Crippen molar-refractivity contribution < 1.29 is 9.94 Å². The molecule has 0 spiro atoms. The fraction of sp³-hybridized carbons (Fsp3) is 0.273. The van der Waals surface area contributed by atoms with Crippen molar-refractivity contribution in [3.8, 4) is 5.75 Å². The third kappa shape index (κ3) is 4.19. The van der Waals surface area contributed by atoms with Gasteiger partial charge in [0.2, 0.25) is 0 Å². The van der Waals surface area contributed by atoms with Gasteiger partial charge >= 0.3 is 0 Å². The van der Waals surface area contributed by atoms with Gasteiger partial charge in [-0.25, -0.2) is 0 Å². The second-order valence-electron chi connectivity index (χ2n) is 6.47. The summed E-state index contributed by atoms with van der Waals surface area (Å²) in [5.41, 5.74) is 3.38. The van der Waals surface area contributed by atoms with Crippen molar-refractivity contribution in [2.45, 2.75) is 31.4 Å². The minimum atomic E-state index is -0.0647. The van der Waals surface area contributed by atoms with Gasteiger partial charge in [-0.15, -0.1) is 6.58 Å². The van der Waals surface area contributed by atoms with Gasteiger partial charge in [0, 0.05) is 12.5 Å². The Hall–Kier alpha value is -2.36. The van der Waals surface area contributed by atoms with E-state index in [1.165, 1.54) is 10.6 Å². The summed E-state index contributed by atoms with van der Waals surface area (Å²) in [4.78, 5) is 0. The molecule has 1 aliphatic heterocycles. The van der Waals surface area contributed by atoms with Crippen LogP contribution in [-0.2, 0) is 6.61 Å². The zero-order valence-corrected chi connectivity index (χ0v) is 14.5. The molecule has 0 bridgehead atoms. The van der Waals surface area contributed by atoms with E-state index >= 15 is 0 Å². The highest BCUT2D eigenvalue weighted by Gasteiger charge is 2.31. The van der Waals surface area contributed by atoms with Gasteiger partial charge in [-0.3, -0.25) is 0 Å². The van der Waals surface area contributed by atoms with Crippen LogP contribution in [0.3, 0.4) is 0 Å². The monoisotopic (exact) mass is 335 g/mol. The summed E-state index contributed by atoms with van der Waals surface area (Å²) < 4.78 is 5.95. The summed E-state index contributed by atoms with van der Waals surface area (Å²) in [7, 11) is 0. The Morgan fingerprint density at radius 3 is 2.72 bits per heavy atom. The Labute approximate surface area is 149 Å². The number of hydrogen-bond acceptors (Lipinski definition) is 3. The van der Waals surface area contributed by atoms with Gasteiger partial charge in [0.05, 0.1) is 6.04 Å². The Morgan fingerprint density at radius 2 is 1.96 bits per heavy atom. The second-order valence-corrected chi connectivity index (χ2v) is 6.47. The smallest absolute Gasteiger partial charge is 0.120 e. The van der Waals surface area contributed by atoms with Gasteiger partial charge in [0.1, 0.15) is 12.4 Å². The van der Waals surface area contributed by atoms with Crippen LogP contribution in [0.1, 0.15) is 29.9 Å². The van der Waals surface area contributed by atoms with Gasteiger partial charge in [-0.1, -0.05) is 60.7 Å². The number of benzene rings is 2. The van der Waals surface area contributed by atoms with Crippen molar-refractivity contribution in [3.05, 3.63) is 90.5 Å². The SMILES string of the molecule is C=CCC1C(=C)C(c2cccc(OCc3ccccc3)c2)CCN1O. The maximum atomic E-state index is 10.1. The molecule has 1 saturated heterocycles. The molecule has 3 heteroatoms. The van der Waals surface area contributed by atoms with E-state index in [-0.39, 0.29) is 12.0 Å². The second kappa shape index (κ2) is 8.15. The first-order valence-corrected chi connectivity index (χ1v) is 8.71. The molecule has 3 nitrogen and oxygen atoms in total. The molecule has 2 aromatic carbocycles. The third-order valence-corrected chi connectivity index (χ3v) is 4.78. The van der Waals surface area contributed by atoms with Crippen molar-refractivity contribution in [2.75, 3.05) is 6.54 Å². The minimum Gasteiger partial charge on any atom is -0.489 e. The van der Waals surface area contributed by atoms with Crippen LogP contribution in [0, 0.1) is 0 Å². The van der Waals surface area contributed by atoms with E-state index in [1.807, 2.05) is 36.4 Å². The fourth-order valence-electron chi connectivity index (χ4n) is 3.40. The normalized spacial score (nSPS) is 21.1. The molecule has 1 fully saturated rings. The molecule has 0 amide bonds. The molecule has 1 aliphatic rings. The summed E-state index contributed by atoms with van der Waals surface area (Å²) in [6.07, 6.45) is 3.39. The van der Waals surface area contributed by atoms with E-state index in [0.717, 1.165) is 23.3 Å². The maximum absolute atomic E-state index is 10.1. The molecule has 3 rings (SSSR count). The van der Waals surface area contributed by atoms with E-state index in [1.54, 1.807) is 0 Å². The van der Waals surface area contributed by atoms with Crippen molar-refractivity contribution in [1.29, 1.82) is 0 Å². The van der Waals surface area contributed by atoms with Gasteiger partial charge in [-0.2, -0.15) is 5.06 Å². The summed E-state index contributed by atoms with van der Waals surface area (Å²) >= 11 is 0. The highest BCUT2D eigenvalue weighted by Crippen LogP contribution is 2.37. The number of hydrogen-bond donors (Lipinski definition) is 1. The number of rotatable bonds is 6. The van der Waals surface area contributed by atoms with Crippen LogP contribution in [0.4, 0.5) is 0 Å². The van der Waals surface area contributed by atoms with Crippen molar-refractivity contribution in [2.24, 2.45) is 0 Å². The average Bonchev–Trinajstić information content (AvgIpc) is 2.64. The van der Waals surface area contributed by atoms with Gasteiger partial charge in [0.25, 0.3) is 0 Å². The van der Waals surface area contributed by atoms with Crippen molar-refractivity contribution >= 4 is 0 Å². The van der Waals surface area contributed by atoms with E-state index in [4.69, 9.17) is 4.74 Å². The molecule has 25 heavy (non-hydrogen) atoms. The van der Waals surface area contributed by atoms with Crippen LogP contribution in [0.15, 0.2) is 79.4 Å². The zero-order valence-electron chi connectivity index (χ0n) is 14.5. The number of piperidine rings is 1. The lowest BCUT2D eigenvalue weighted by Gasteiger charge is -2.37. The van der Waals surface area contributed by atoms with Crippen LogP contribution in [0.25, 0.3) is 0 Å². The molecule has 2 aromatic rings. The average molecular weight is 335 g/mol. The van der Waals surface area contributed by atoms with Crippen molar-refractivity contribution in [1.82, 2.24) is 5.06 Å². The van der Waals surface area contributed by atoms with Crippen molar-refractivity contribution in [3.63, 3.8) is 0 Å².